The van der Waals surface area contributed by atoms with Gasteiger partial charge in [0.2, 0.25) is 0 Å². The summed E-state index contributed by atoms with van der Waals surface area (Å²) in [5, 5.41) is 20.8. The number of likely N-dealkylation sites (N-methyl/N-ethyl adjacent to an activating group) is 1. The maximum absolute atomic E-state index is 12.9. The molecule has 152 valence electrons. The largest absolute Gasteiger partial charge is 0.507 e. The fourth-order valence-corrected chi connectivity index (χ4v) is 3.38. The first-order chi connectivity index (χ1) is 13.8. The van der Waals surface area contributed by atoms with E-state index >= 15 is 0 Å². The number of ether oxygens (including phenoxy) is 1. The van der Waals surface area contributed by atoms with Crippen molar-refractivity contribution in [1.82, 2.24) is 9.80 Å². The van der Waals surface area contributed by atoms with E-state index < -0.39 is 17.7 Å². The van der Waals surface area contributed by atoms with E-state index in [-0.39, 0.29) is 22.8 Å². The topological polar surface area (TPSA) is 90.3 Å². The van der Waals surface area contributed by atoms with E-state index in [0.717, 1.165) is 0 Å². The third kappa shape index (κ3) is 3.95. The van der Waals surface area contributed by atoms with Gasteiger partial charge in [0.25, 0.3) is 11.7 Å². The fourth-order valence-electron chi connectivity index (χ4n) is 3.38. The molecule has 7 heteroatoms. The Balaban J connectivity index is 2.17. The molecular formula is C22H24N2O5. The van der Waals surface area contributed by atoms with Crippen LogP contribution in [0.15, 0.2) is 54.1 Å². The van der Waals surface area contributed by atoms with Crippen LogP contribution in [0.1, 0.15) is 17.2 Å². The third-order valence-electron chi connectivity index (χ3n) is 4.89. The Labute approximate surface area is 169 Å². The van der Waals surface area contributed by atoms with E-state index in [2.05, 4.69) is 0 Å². The number of hydrogen-bond acceptors (Lipinski definition) is 6. The number of rotatable bonds is 6. The van der Waals surface area contributed by atoms with Crippen LogP contribution < -0.4 is 4.74 Å². The Morgan fingerprint density at radius 3 is 2.45 bits per heavy atom. The van der Waals surface area contributed by atoms with E-state index in [4.69, 9.17) is 4.74 Å². The molecular weight excluding hydrogens is 372 g/mol. The number of Topliss-reactive ketones (excluding diaryl/α,β-unsaturated/α-hetero) is 1. The van der Waals surface area contributed by atoms with Gasteiger partial charge in [0, 0.05) is 18.7 Å². The average Bonchev–Trinajstić information content (AvgIpc) is 2.97. The monoisotopic (exact) mass is 396 g/mol. The van der Waals surface area contributed by atoms with Crippen molar-refractivity contribution in [3.8, 4) is 11.5 Å². The van der Waals surface area contributed by atoms with Gasteiger partial charge < -0.3 is 24.7 Å². The standard InChI is InChI=1S/C22H24N2O5/c1-23(2)11-12-24-19(15-9-10-16(25)17(13-15)29-3)18(21(27)22(24)28)20(26)14-7-5-4-6-8-14/h4-10,13,19,25-26H,11-12H2,1-3H3/b20-18-. The van der Waals surface area contributed by atoms with E-state index in [9.17, 15) is 19.8 Å². The zero-order chi connectivity index (χ0) is 21.1. The number of hydrogen-bond donors (Lipinski definition) is 2. The lowest BCUT2D eigenvalue weighted by Crippen LogP contribution is -2.35. The first-order valence-corrected chi connectivity index (χ1v) is 9.20. The third-order valence-corrected chi connectivity index (χ3v) is 4.89. The SMILES string of the molecule is COc1cc(C2/C(=C(/O)c3ccccc3)C(=O)C(=O)N2CCN(C)C)ccc1O. The normalized spacial score (nSPS) is 18.5. The number of methoxy groups -OCH3 is 1. The van der Waals surface area contributed by atoms with Crippen LogP contribution in [0.2, 0.25) is 0 Å². The maximum atomic E-state index is 12.9. The summed E-state index contributed by atoms with van der Waals surface area (Å²) in [6.45, 7) is 0.848. The van der Waals surface area contributed by atoms with E-state index in [1.54, 1.807) is 42.5 Å². The molecule has 1 aliphatic heterocycles. The molecule has 0 aromatic heterocycles. The van der Waals surface area contributed by atoms with Crippen molar-refractivity contribution in [3.05, 3.63) is 65.2 Å². The molecule has 3 rings (SSSR count). The molecule has 29 heavy (non-hydrogen) atoms. The van der Waals surface area contributed by atoms with Crippen molar-refractivity contribution in [3.63, 3.8) is 0 Å². The summed E-state index contributed by atoms with van der Waals surface area (Å²) < 4.78 is 5.19. The van der Waals surface area contributed by atoms with Gasteiger partial charge in [0.15, 0.2) is 11.5 Å². The Morgan fingerprint density at radius 1 is 1.14 bits per heavy atom. The second-order valence-electron chi connectivity index (χ2n) is 7.09. The summed E-state index contributed by atoms with van der Waals surface area (Å²) in [6.07, 6.45) is 0. The number of aliphatic hydroxyl groups excluding tert-OH is 1. The number of benzene rings is 2. The van der Waals surface area contributed by atoms with Crippen molar-refractivity contribution < 1.29 is 24.5 Å². The van der Waals surface area contributed by atoms with Crippen LogP contribution in [0.4, 0.5) is 0 Å². The van der Waals surface area contributed by atoms with Gasteiger partial charge in [-0.3, -0.25) is 9.59 Å². The van der Waals surface area contributed by atoms with Gasteiger partial charge in [0.05, 0.1) is 18.7 Å². The van der Waals surface area contributed by atoms with Crippen LogP contribution in [-0.2, 0) is 9.59 Å². The molecule has 1 unspecified atom stereocenters. The highest BCUT2D eigenvalue weighted by Crippen LogP contribution is 2.41. The van der Waals surface area contributed by atoms with E-state index in [0.29, 0.717) is 24.2 Å². The number of nitrogens with zero attached hydrogens (tertiary/aromatic N) is 2. The molecule has 0 bridgehead atoms. The number of phenolic OH excluding ortho intramolecular Hbond substituents is 1. The number of likely N-dealkylation sites (tertiary alicyclic amines) is 1. The van der Waals surface area contributed by atoms with Gasteiger partial charge in [-0.05, 0) is 31.8 Å². The highest BCUT2D eigenvalue weighted by molar-refractivity contribution is 6.46. The number of carbonyl (C=O) groups is 2. The second kappa shape index (κ2) is 8.36. The maximum Gasteiger partial charge on any atom is 0.295 e. The van der Waals surface area contributed by atoms with Gasteiger partial charge in [-0.15, -0.1) is 0 Å². The highest BCUT2D eigenvalue weighted by Gasteiger charge is 2.46. The van der Waals surface area contributed by atoms with Gasteiger partial charge in [-0.2, -0.15) is 0 Å². The van der Waals surface area contributed by atoms with Gasteiger partial charge in [-0.1, -0.05) is 36.4 Å². The molecule has 1 heterocycles. The average molecular weight is 396 g/mol. The van der Waals surface area contributed by atoms with E-state index in [1.165, 1.54) is 18.1 Å². The van der Waals surface area contributed by atoms with Crippen LogP contribution in [0.3, 0.4) is 0 Å². The predicted molar refractivity (Wildman–Crippen MR) is 109 cm³/mol. The summed E-state index contributed by atoms with van der Waals surface area (Å²) in [5.41, 5.74) is 1.04. The van der Waals surface area contributed by atoms with Crippen molar-refractivity contribution in [2.45, 2.75) is 6.04 Å². The van der Waals surface area contributed by atoms with Crippen LogP contribution >= 0.6 is 0 Å². The summed E-state index contributed by atoms with van der Waals surface area (Å²) in [5.74, 6) is -1.46. The lowest BCUT2D eigenvalue weighted by atomic mass is 9.95. The molecule has 1 saturated heterocycles. The van der Waals surface area contributed by atoms with Crippen molar-refractivity contribution in [2.24, 2.45) is 0 Å². The van der Waals surface area contributed by atoms with Crippen LogP contribution in [0.5, 0.6) is 11.5 Å². The Hall–Kier alpha value is -3.32. The molecule has 1 atom stereocenters. The minimum Gasteiger partial charge on any atom is -0.507 e. The Kier molecular flexibility index (Phi) is 5.89. The van der Waals surface area contributed by atoms with Gasteiger partial charge in [0.1, 0.15) is 5.76 Å². The van der Waals surface area contributed by atoms with E-state index in [1.807, 2.05) is 19.0 Å². The first-order valence-electron chi connectivity index (χ1n) is 9.20. The molecule has 0 radical (unpaired) electrons. The van der Waals surface area contributed by atoms with Gasteiger partial charge >= 0.3 is 0 Å². The molecule has 7 nitrogen and oxygen atoms in total. The summed E-state index contributed by atoms with van der Waals surface area (Å²) >= 11 is 0. The Morgan fingerprint density at radius 2 is 1.83 bits per heavy atom. The molecule has 1 amide bonds. The summed E-state index contributed by atoms with van der Waals surface area (Å²) in [6, 6.07) is 12.5. The fraction of sp³-hybridized carbons (Fsp3) is 0.273. The first kappa shape index (κ1) is 20.4. The lowest BCUT2D eigenvalue weighted by Gasteiger charge is -2.27. The number of aromatic hydroxyl groups is 1. The minimum atomic E-state index is -0.787. The van der Waals surface area contributed by atoms with Crippen molar-refractivity contribution >= 4 is 17.4 Å². The molecule has 1 fully saturated rings. The zero-order valence-corrected chi connectivity index (χ0v) is 16.6. The smallest absolute Gasteiger partial charge is 0.295 e. The lowest BCUT2D eigenvalue weighted by molar-refractivity contribution is -0.140. The van der Waals surface area contributed by atoms with Gasteiger partial charge in [-0.25, -0.2) is 0 Å². The molecule has 1 aliphatic rings. The molecule has 2 aromatic rings. The number of phenols is 1. The molecule has 0 spiro atoms. The summed E-state index contributed by atoms with van der Waals surface area (Å²) in [7, 11) is 5.17. The summed E-state index contributed by atoms with van der Waals surface area (Å²) in [4.78, 5) is 29.0. The van der Waals surface area contributed by atoms with Crippen LogP contribution in [0, 0.1) is 0 Å². The number of amides is 1. The number of aliphatic hydroxyl groups is 1. The molecule has 2 N–H and O–H groups in total. The second-order valence-corrected chi connectivity index (χ2v) is 7.09. The predicted octanol–water partition coefficient (Wildman–Crippen LogP) is 2.38. The van der Waals surface area contributed by atoms with Crippen LogP contribution in [-0.4, -0.2) is 66.0 Å². The molecule has 2 aromatic carbocycles. The molecule has 0 aliphatic carbocycles. The quantitative estimate of drug-likeness (QED) is 0.443. The zero-order valence-electron chi connectivity index (χ0n) is 16.6. The molecule has 0 saturated carbocycles. The van der Waals surface area contributed by atoms with Crippen LogP contribution in [0.25, 0.3) is 5.76 Å². The minimum absolute atomic E-state index is 0.0210. The number of carbonyl (C=O) groups excluding carboxylic acids is 2. The highest BCUT2D eigenvalue weighted by atomic mass is 16.5. The Bertz CT molecular complexity index is 953. The number of ketones is 1. The van der Waals surface area contributed by atoms with Crippen molar-refractivity contribution in [1.29, 1.82) is 0 Å². The van der Waals surface area contributed by atoms with Crippen molar-refractivity contribution in [2.75, 3.05) is 34.3 Å².